The first kappa shape index (κ1) is 10.0. The molecule has 0 fully saturated rings. The second kappa shape index (κ2) is 3.77. The van der Waals surface area contributed by atoms with Crippen molar-refractivity contribution in [3.8, 4) is 5.75 Å². The largest absolute Gasteiger partial charge is 0.506 e. The fourth-order valence-corrected chi connectivity index (χ4v) is 1.14. The van der Waals surface area contributed by atoms with Crippen LogP contribution in [0.2, 0.25) is 5.02 Å². The summed E-state index contributed by atoms with van der Waals surface area (Å²) in [5.41, 5.74) is 6.23. The first-order valence-electron chi connectivity index (χ1n) is 3.78. The molecule has 13 heavy (non-hydrogen) atoms. The van der Waals surface area contributed by atoms with Gasteiger partial charge >= 0.3 is 0 Å². The Hall–Kier alpha value is -1.06. The van der Waals surface area contributed by atoms with Gasteiger partial charge in [-0.1, -0.05) is 11.6 Å². The molecule has 0 aromatic heterocycles. The molecule has 0 unspecified atom stereocenters. The third-order valence-electron chi connectivity index (χ3n) is 1.74. The van der Waals surface area contributed by atoms with Crippen LogP contribution >= 0.6 is 11.6 Å². The zero-order valence-corrected chi connectivity index (χ0v) is 7.93. The van der Waals surface area contributed by atoms with E-state index in [0.29, 0.717) is 11.1 Å². The lowest BCUT2D eigenvalue weighted by Gasteiger charge is -2.04. The maximum Gasteiger partial charge on any atom is 0.176 e. The molecule has 1 rings (SSSR count). The number of carbonyl (C=O) groups is 1. The summed E-state index contributed by atoms with van der Waals surface area (Å²) < 4.78 is 0. The Labute approximate surface area is 81.1 Å². The number of Topliss-reactive ketones (excluding diaryl/α,β-unsaturated/α-hetero) is 1. The Morgan fingerprint density at radius 3 is 2.69 bits per heavy atom. The van der Waals surface area contributed by atoms with Crippen LogP contribution in [0.25, 0.3) is 0 Å². The molecule has 0 aliphatic carbocycles. The minimum Gasteiger partial charge on any atom is -0.506 e. The molecule has 70 valence electrons. The van der Waals surface area contributed by atoms with E-state index in [2.05, 4.69) is 0 Å². The van der Waals surface area contributed by atoms with Crippen LogP contribution in [-0.2, 0) is 0 Å². The van der Waals surface area contributed by atoms with Crippen molar-refractivity contribution in [1.29, 1.82) is 0 Å². The van der Waals surface area contributed by atoms with Gasteiger partial charge in [0.25, 0.3) is 0 Å². The number of phenolic OH excluding ortho intramolecular Hbond substituents is 1. The number of benzene rings is 1. The number of hydrogen-bond donors (Lipinski definition) is 2. The summed E-state index contributed by atoms with van der Waals surface area (Å²) in [6.07, 6.45) is 0. The minimum atomic E-state index is -0.213. The highest BCUT2D eigenvalue weighted by Gasteiger charge is 2.09. The summed E-state index contributed by atoms with van der Waals surface area (Å²) in [6.45, 7) is 1.65. The molecular weight excluding hydrogens is 190 g/mol. The highest BCUT2D eigenvalue weighted by molar-refractivity contribution is 6.32. The quantitative estimate of drug-likeness (QED) is 0.710. The summed E-state index contributed by atoms with van der Waals surface area (Å²) in [6, 6.07) is 2.93. The number of aromatic hydroxyl groups is 1. The van der Waals surface area contributed by atoms with Crippen LogP contribution < -0.4 is 5.73 Å². The van der Waals surface area contributed by atoms with Crippen molar-refractivity contribution in [2.75, 3.05) is 6.54 Å². The Kier molecular flexibility index (Phi) is 2.90. The van der Waals surface area contributed by atoms with E-state index in [4.69, 9.17) is 17.3 Å². The zero-order valence-electron chi connectivity index (χ0n) is 7.17. The Morgan fingerprint density at radius 2 is 2.23 bits per heavy atom. The zero-order chi connectivity index (χ0) is 10.0. The molecule has 0 saturated heterocycles. The van der Waals surface area contributed by atoms with Crippen molar-refractivity contribution < 1.29 is 9.90 Å². The van der Waals surface area contributed by atoms with E-state index in [1.807, 2.05) is 0 Å². The fraction of sp³-hybridized carbons (Fsp3) is 0.222. The number of rotatable bonds is 2. The average molecular weight is 200 g/mol. The molecular formula is C9H10ClNO2. The number of ketones is 1. The third kappa shape index (κ3) is 1.99. The lowest BCUT2D eigenvalue weighted by molar-refractivity contribution is 0.100. The molecule has 0 aliphatic rings. The van der Waals surface area contributed by atoms with Crippen molar-refractivity contribution in [2.24, 2.45) is 5.73 Å². The molecule has 0 saturated carbocycles. The summed E-state index contributed by atoms with van der Waals surface area (Å²) in [4.78, 5) is 11.1. The number of carbonyl (C=O) groups excluding carboxylic acids is 1. The van der Waals surface area contributed by atoms with Gasteiger partial charge in [-0.15, -0.1) is 0 Å². The van der Waals surface area contributed by atoms with Gasteiger partial charge in [0, 0.05) is 5.56 Å². The van der Waals surface area contributed by atoms with Gasteiger partial charge in [0.05, 0.1) is 11.6 Å². The molecule has 3 nitrogen and oxygen atoms in total. The first-order valence-corrected chi connectivity index (χ1v) is 4.16. The summed E-state index contributed by atoms with van der Waals surface area (Å²) in [5.74, 6) is -0.298. The van der Waals surface area contributed by atoms with E-state index in [1.165, 1.54) is 6.07 Å². The summed E-state index contributed by atoms with van der Waals surface area (Å²) >= 11 is 5.70. The second-order valence-corrected chi connectivity index (χ2v) is 3.13. The van der Waals surface area contributed by atoms with E-state index in [1.54, 1.807) is 13.0 Å². The number of halogens is 1. The van der Waals surface area contributed by atoms with E-state index < -0.39 is 0 Å². The highest BCUT2D eigenvalue weighted by Crippen LogP contribution is 2.28. The average Bonchev–Trinajstić information content (AvgIpc) is 2.12. The molecule has 0 atom stereocenters. The van der Waals surface area contributed by atoms with Gasteiger partial charge in [0.15, 0.2) is 5.78 Å². The van der Waals surface area contributed by atoms with Crippen molar-refractivity contribution >= 4 is 17.4 Å². The molecule has 0 amide bonds. The normalized spacial score (nSPS) is 10.1. The Balaban J connectivity index is 3.20. The maximum atomic E-state index is 11.1. The highest BCUT2D eigenvalue weighted by atomic mass is 35.5. The molecule has 4 heteroatoms. The molecule has 3 N–H and O–H groups in total. The van der Waals surface area contributed by atoms with Crippen LogP contribution in [0.4, 0.5) is 0 Å². The molecule has 1 aromatic rings. The van der Waals surface area contributed by atoms with Gasteiger partial charge < -0.3 is 10.8 Å². The van der Waals surface area contributed by atoms with Gasteiger partial charge in [0.2, 0.25) is 0 Å². The number of nitrogens with two attached hydrogens (primary N) is 1. The number of aryl methyl sites for hydroxylation is 1. The van der Waals surface area contributed by atoms with Crippen molar-refractivity contribution in [2.45, 2.75) is 6.92 Å². The molecule has 0 radical (unpaired) electrons. The predicted molar refractivity (Wildman–Crippen MR) is 51.2 cm³/mol. The Bertz CT molecular complexity index is 326. The van der Waals surface area contributed by atoms with E-state index in [9.17, 15) is 9.90 Å². The van der Waals surface area contributed by atoms with E-state index >= 15 is 0 Å². The van der Waals surface area contributed by atoms with Crippen LogP contribution in [0.3, 0.4) is 0 Å². The monoisotopic (exact) mass is 199 g/mol. The van der Waals surface area contributed by atoms with Crippen LogP contribution in [0.1, 0.15) is 15.9 Å². The Morgan fingerprint density at radius 1 is 1.62 bits per heavy atom. The van der Waals surface area contributed by atoms with Crippen molar-refractivity contribution in [3.05, 3.63) is 28.3 Å². The van der Waals surface area contributed by atoms with Crippen LogP contribution in [0.5, 0.6) is 5.75 Å². The second-order valence-electron chi connectivity index (χ2n) is 2.75. The van der Waals surface area contributed by atoms with Gasteiger partial charge in [-0.05, 0) is 24.6 Å². The molecule has 0 aliphatic heterocycles. The topological polar surface area (TPSA) is 63.3 Å². The van der Waals surface area contributed by atoms with E-state index in [-0.39, 0.29) is 23.1 Å². The van der Waals surface area contributed by atoms with E-state index in [0.717, 1.165) is 0 Å². The van der Waals surface area contributed by atoms with Crippen LogP contribution in [-0.4, -0.2) is 17.4 Å². The van der Waals surface area contributed by atoms with Crippen LogP contribution in [0, 0.1) is 6.92 Å². The van der Waals surface area contributed by atoms with Crippen molar-refractivity contribution in [1.82, 2.24) is 0 Å². The first-order chi connectivity index (χ1) is 6.06. The lowest BCUT2D eigenvalue weighted by atomic mass is 10.1. The number of hydrogen-bond acceptors (Lipinski definition) is 3. The predicted octanol–water partition coefficient (Wildman–Crippen LogP) is 1.50. The summed E-state index contributed by atoms with van der Waals surface area (Å²) in [5, 5.41) is 9.57. The third-order valence-corrected chi connectivity index (χ3v) is 2.23. The lowest BCUT2D eigenvalue weighted by Crippen LogP contribution is -2.13. The van der Waals surface area contributed by atoms with Gasteiger partial charge in [0.1, 0.15) is 5.75 Å². The standard InChI is InChI=1S/C9H10ClNO2/c1-5-2-6(8(13)4-11)3-7(12)9(5)10/h2-3,12H,4,11H2,1H3. The van der Waals surface area contributed by atoms with Gasteiger partial charge in [-0.2, -0.15) is 0 Å². The SMILES string of the molecule is Cc1cc(C(=O)CN)cc(O)c1Cl. The van der Waals surface area contributed by atoms with Crippen molar-refractivity contribution in [3.63, 3.8) is 0 Å². The molecule has 0 spiro atoms. The molecule has 0 bridgehead atoms. The minimum absolute atomic E-state index is 0.0689. The maximum absolute atomic E-state index is 11.1. The smallest absolute Gasteiger partial charge is 0.176 e. The fourth-order valence-electron chi connectivity index (χ4n) is 1.03. The number of phenols is 1. The molecule has 0 heterocycles. The van der Waals surface area contributed by atoms with Gasteiger partial charge in [-0.25, -0.2) is 0 Å². The van der Waals surface area contributed by atoms with Crippen LogP contribution in [0.15, 0.2) is 12.1 Å². The van der Waals surface area contributed by atoms with Gasteiger partial charge in [-0.3, -0.25) is 4.79 Å². The summed E-state index contributed by atoms with van der Waals surface area (Å²) in [7, 11) is 0. The molecule has 1 aromatic carbocycles.